The summed E-state index contributed by atoms with van der Waals surface area (Å²) in [5.41, 5.74) is 1.19. The van der Waals surface area contributed by atoms with Crippen LogP contribution in [0.3, 0.4) is 0 Å². The molecule has 0 spiro atoms. The first-order chi connectivity index (χ1) is 9.45. The van der Waals surface area contributed by atoms with Crippen LogP contribution < -0.4 is 0 Å². The van der Waals surface area contributed by atoms with Crippen molar-refractivity contribution in [1.82, 2.24) is 4.90 Å². The van der Waals surface area contributed by atoms with E-state index in [0.717, 1.165) is 24.6 Å². The molecule has 0 N–H and O–H groups in total. The van der Waals surface area contributed by atoms with Crippen molar-refractivity contribution >= 4 is 5.57 Å². The van der Waals surface area contributed by atoms with Gasteiger partial charge in [0.1, 0.15) is 0 Å². The van der Waals surface area contributed by atoms with Crippen LogP contribution in [0.5, 0.6) is 0 Å². The van der Waals surface area contributed by atoms with Gasteiger partial charge in [0.25, 0.3) is 0 Å². The largest absolute Gasteiger partial charge is 0.416 e. The van der Waals surface area contributed by atoms with Gasteiger partial charge in [-0.3, -0.25) is 4.90 Å². The Kier molecular flexibility index (Phi) is 3.36. The fourth-order valence-electron chi connectivity index (χ4n) is 2.96. The standard InChI is InChI=1S/C16H18F3N/c1-11-9-13(7-8-20(11)15-5-6-15)12-3-2-4-14(10-12)16(17,18)19/h2-4,7,10-11,15H,5-6,8-9H2,1H3. The van der Waals surface area contributed by atoms with Crippen LogP contribution in [0.15, 0.2) is 30.3 Å². The summed E-state index contributed by atoms with van der Waals surface area (Å²) in [5, 5.41) is 0. The Bertz CT molecular complexity index is 529. The summed E-state index contributed by atoms with van der Waals surface area (Å²) in [4.78, 5) is 2.46. The fourth-order valence-corrected chi connectivity index (χ4v) is 2.96. The van der Waals surface area contributed by atoms with Gasteiger partial charge in [-0.15, -0.1) is 0 Å². The molecule has 1 atom stereocenters. The maximum absolute atomic E-state index is 12.8. The summed E-state index contributed by atoms with van der Waals surface area (Å²) in [5.74, 6) is 0. The lowest BCUT2D eigenvalue weighted by molar-refractivity contribution is -0.137. The lowest BCUT2D eigenvalue weighted by Crippen LogP contribution is -2.38. The van der Waals surface area contributed by atoms with Gasteiger partial charge >= 0.3 is 6.18 Å². The van der Waals surface area contributed by atoms with E-state index in [1.807, 2.05) is 0 Å². The predicted molar refractivity (Wildman–Crippen MR) is 73.2 cm³/mol. The smallest absolute Gasteiger partial charge is 0.294 e. The second kappa shape index (κ2) is 4.92. The van der Waals surface area contributed by atoms with Gasteiger partial charge < -0.3 is 0 Å². The quantitative estimate of drug-likeness (QED) is 0.779. The molecule has 0 radical (unpaired) electrons. The third-order valence-electron chi connectivity index (χ3n) is 4.21. The summed E-state index contributed by atoms with van der Waals surface area (Å²) in [7, 11) is 0. The first kappa shape index (κ1) is 13.7. The van der Waals surface area contributed by atoms with Crippen LogP contribution in [0.2, 0.25) is 0 Å². The highest BCUT2D eigenvalue weighted by Crippen LogP contribution is 2.36. The van der Waals surface area contributed by atoms with Crippen LogP contribution in [0.25, 0.3) is 5.57 Å². The highest BCUT2D eigenvalue weighted by atomic mass is 19.4. The van der Waals surface area contributed by atoms with E-state index < -0.39 is 11.7 Å². The van der Waals surface area contributed by atoms with Crippen LogP contribution in [-0.4, -0.2) is 23.5 Å². The molecule has 108 valence electrons. The average molecular weight is 281 g/mol. The monoisotopic (exact) mass is 281 g/mol. The van der Waals surface area contributed by atoms with E-state index in [1.165, 1.54) is 25.0 Å². The molecule has 0 aromatic heterocycles. The minimum absolute atomic E-state index is 0.414. The molecule has 4 heteroatoms. The molecule has 1 nitrogen and oxygen atoms in total. The van der Waals surface area contributed by atoms with Gasteiger partial charge in [-0.05, 0) is 49.5 Å². The third-order valence-corrected chi connectivity index (χ3v) is 4.21. The molecule has 1 unspecified atom stereocenters. The van der Waals surface area contributed by atoms with Gasteiger partial charge in [-0.25, -0.2) is 0 Å². The fraction of sp³-hybridized carbons (Fsp3) is 0.500. The van der Waals surface area contributed by atoms with Gasteiger partial charge in [-0.1, -0.05) is 18.2 Å². The SMILES string of the molecule is CC1CC(c2cccc(C(F)(F)F)c2)=CCN1C1CC1. The van der Waals surface area contributed by atoms with Crippen molar-refractivity contribution in [3.8, 4) is 0 Å². The Morgan fingerprint density at radius 1 is 1.20 bits per heavy atom. The van der Waals surface area contributed by atoms with Gasteiger partial charge in [0, 0.05) is 18.6 Å². The van der Waals surface area contributed by atoms with Crippen LogP contribution in [0.4, 0.5) is 13.2 Å². The number of hydrogen-bond donors (Lipinski definition) is 0. The summed E-state index contributed by atoms with van der Waals surface area (Å²) in [6.45, 7) is 3.02. The molecule has 0 bridgehead atoms. The normalized spacial score (nSPS) is 24.6. The third kappa shape index (κ3) is 2.75. The Hall–Kier alpha value is -1.29. The maximum atomic E-state index is 12.8. The topological polar surface area (TPSA) is 3.24 Å². The lowest BCUT2D eigenvalue weighted by atomic mass is 9.93. The Balaban J connectivity index is 1.83. The molecular formula is C16H18F3N. The molecule has 0 saturated heterocycles. The van der Waals surface area contributed by atoms with Crippen molar-refractivity contribution in [2.75, 3.05) is 6.54 Å². The zero-order valence-electron chi connectivity index (χ0n) is 11.5. The summed E-state index contributed by atoms with van der Waals surface area (Å²) < 4.78 is 38.3. The highest BCUT2D eigenvalue weighted by molar-refractivity contribution is 5.67. The molecule has 2 aliphatic rings. The van der Waals surface area contributed by atoms with E-state index in [1.54, 1.807) is 6.07 Å². The number of alkyl halides is 3. The van der Waals surface area contributed by atoms with E-state index in [0.29, 0.717) is 17.6 Å². The Morgan fingerprint density at radius 3 is 2.55 bits per heavy atom. The van der Waals surface area contributed by atoms with Crippen LogP contribution in [0, 0.1) is 0 Å². The maximum Gasteiger partial charge on any atom is 0.416 e. The van der Waals surface area contributed by atoms with Crippen molar-refractivity contribution in [3.05, 3.63) is 41.5 Å². The van der Waals surface area contributed by atoms with E-state index in [-0.39, 0.29) is 0 Å². The first-order valence-corrected chi connectivity index (χ1v) is 7.07. The van der Waals surface area contributed by atoms with Gasteiger partial charge in [0.2, 0.25) is 0 Å². The molecule has 1 aliphatic carbocycles. The van der Waals surface area contributed by atoms with Crippen LogP contribution in [-0.2, 0) is 6.18 Å². The van der Waals surface area contributed by atoms with Crippen molar-refractivity contribution < 1.29 is 13.2 Å². The molecule has 1 heterocycles. The molecule has 20 heavy (non-hydrogen) atoms. The van der Waals surface area contributed by atoms with Gasteiger partial charge in [0.05, 0.1) is 5.56 Å². The lowest BCUT2D eigenvalue weighted by Gasteiger charge is -2.33. The van der Waals surface area contributed by atoms with Crippen molar-refractivity contribution in [3.63, 3.8) is 0 Å². The Labute approximate surface area is 117 Å². The molecule has 1 saturated carbocycles. The number of rotatable bonds is 2. The molecule has 0 amide bonds. The van der Waals surface area contributed by atoms with Crippen molar-refractivity contribution in [1.29, 1.82) is 0 Å². The zero-order valence-corrected chi connectivity index (χ0v) is 11.5. The number of hydrogen-bond acceptors (Lipinski definition) is 1. The molecular weight excluding hydrogens is 263 g/mol. The van der Waals surface area contributed by atoms with E-state index >= 15 is 0 Å². The summed E-state index contributed by atoms with van der Waals surface area (Å²) in [6.07, 6.45) is 1.18. The number of halogens is 3. The highest BCUT2D eigenvalue weighted by Gasteiger charge is 2.34. The first-order valence-electron chi connectivity index (χ1n) is 7.07. The molecule has 1 aromatic carbocycles. The average Bonchev–Trinajstić information content (AvgIpc) is 3.22. The van der Waals surface area contributed by atoms with Gasteiger partial charge in [0.15, 0.2) is 0 Å². The van der Waals surface area contributed by atoms with E-state index in [9.17, 15) is 13.2 Å². The zero-order chi connectivity index (χ0) is 14.3. The minimum atomic E-state index is -4.27. The van der Waals surface area contributed by atoms with E-state index in [4.69, 9.17) is 0 Å². The molecule has 1 fully saturated rings. The van der Waals surface area contributed by atoms with Crippen molar-refractivity contribution in [2.24, 2.45) is 0 Å². The van der Waals surface area contributed by atoms with Crippen molar-refractivity contribution in [2.45, 2.75) is 44.4 Å². The molecule has 1 aliphatic heterocycles. The summed E-state index contributed by atoms with van der Waals surface area (Å²) in [6, 6.07) is 6.79. The van der Waals surface area contributed by atoms with E-state index in [2.05, 4.69) is 17.9 Å². The number of nitrogens with zero attached hydrogens (tertiary/aromatic N) is 1. The molecule has 1 aromatic rings. The second-order valence-corrected chi connectivity index (χ2v) is 5.79. The predicted octanol–water partition coefficient (Wildman–Crippen LogP) is 4.35. The number of benzene rings is 1. The second-order valence-electron chi connectivity index (χ2n) is 5.79. The van der Waals surface area contributed by atoms with Crippen LogP contribution in [0.1, 0.15) is 37.3 Å². The molecule has 3 rings (SSSR count). The van der Waals surface area contributed by atoms with Crippen LogP contribution >= 0.6 is 0 Å². The van der Waals surface area contributed by atoms with Gasteiger partial charge in [-0.2, -0.15) is 13.2 Å². The summed E-state index contributed by atoms with van der Waals surface area (Å²) >= 11 is 0. The Morgan fingerprint density at radius 2 is 1.95 bits per heavy atom. The minimum Gasteiger partial charge on any atom is -0.294 e.